The lowest BCUT2D eigenvalue weighted by Crippen LogP contribution is -2.51. The predicted octanol–water partition coefficient (Wildman–Crippen LogP) is 3.15. The molecule has 3 saturated heterocycles. The fraction of sp³-hybridized carbons (Fsp3) is 0.500. The van der Waals surface area contributed by atoms with Gasteiger partial charge >= 0.3 is 0 Å². The van der Waals surface area contributed by atoms with Gasteiger partial charge in [0.15, 0.2) is 0 Å². The molecule has 0 aromatic heterocycles. The summed E-state index contributed by atoms with van der Waals surface area (Å²) in [5, 5.41) is 3.04. The second-order valence-electron chi connectivity index (χ2n) is 5.24. The molecule has 1 amide bonds. The minimum absolute atomic E-state index is 0. The number of benzene rings is 1. The number of nitrogens with one attached hydrogen (secondary N) is 1. The van der Waals surface area contributed by atoms with Crippen LogP contribution in [0.1, 0.15) is 12.8 Å². The van der Waals surface area contributed by atoms with Crippen LogP contribution in [0.25, 0.3) is 0 Å². The maximum atomic E-state index is 12.3. The van der Waals surface area contributed by atoms with Gasteiger partial charge in [-0.1, -0.05) is 15.9 Å². The number of carbonyl (C=O) groups is 1. The van der Waals surface area contributed by atoms with Crippen LogP contribution in [0.15, 0.2) is 28.7 Å². The van der Waals surface area contributed by atoms with E-state index in [4.69, 9.17) is 0 Å². The van der Waals surface area contributed by atoms with Gasteiger partial charge in [0.1, 0.15) is 0 Å². The zero-order valence-corrected chi connectivity index (χ0v) is 13.0. The molecule has 3 fully saturated rings. The van der Waals surface area contributed by atoms with Gasteiger partial charge in [-0.3, -0.25) is 4.79 Å². The van der Waals surface area contributed by atoms with Gasteiger partial charge in [-0.2, -0.15) is 0 Å². The zero-order chi connectivity index (χ0) is 12.5. The molecule has 5 heteroatoms. The van der Waals surface area contributed by atoms with E-state index in [1.807, 2.05) is 24.3 Å². The van der Waals surface area contributed by atoms with E-state index in [9.17, 15) is 4.79 Å². The Hall–Kier alpha value is -0.580. The number of amides is 1. The van der Waals surface area contributed by atoms with E-state index >= 15 is 0 Å². The summed E-state index contributed by atoms with van der Waals surface area (Å²) in [7, 11) is 0. The summed E-state index contributed by atoms with van der Waals surface area (Å²) in [5.41, 5.74) is 0.889. The monoisotopic (exact) mass is 344 g/mol. The van der Waals surface area contributed by atoms with Gasteiger partial charge in [0.25, 0.3) is 0 Å². The van der Waals surface area contributed by atoms with Crippen LogP contribution in [-0.2, 0) is 4.79 Å². The topological polar surface area (TPSA) is 32.3 Å². The molecule has 1 N–H and O–H groups in total. The maximum absolute atomic E-state index is 12.3. The van der Waals surface area contributed by atoms with E-state index in [1.165, 1.54) is 25.9 Å². The lowest BCUT2D eigenvalue weighted by atomic mass is 9.78. The van der Waals surface area contributed by atoms with Gasteiger partial charge in [-0.05, 0) is 56.1 Å². The summed E-state index contributed by atoms with van der Waals surface area (Å²) in [4.78, 5) is 14.7. The van der Waals surface area contributed by atoms with Crippen molar-refractivity contribution in [1.82, 2.24) is 4.90 Å². The van der Waals surface area contributed by atoms with Crippen molar-refractivity contribution in [2.24, 2.45) is 11.8 Å². The number of hydrogen-bond donors (Lipinski definition) is 1. The van der Waals surface area contributed by atoms with Crippen molar-refractivity contribution in [3.05, 3.63) is 28.7 Å². The lowest BCUT2D eigenvalue weighted by molar-refractivity contribution is -0.125. The molecule has 3 aliphatic heterocycles. The standard InChI is InChI=1S/C14H17BrN2O.ClH/c15-11-1-3-12(4-2-11)16-14(18)13-9-17-7-5-10(13)6-8-17;/h1-4,10,13H,5-9H2,(H,16,18);1H. The summed E-state index contributed by atoms with van der Waals surface area (Å²) in [5.74, 6) is 0.952. The Labute approximate surface area is 128 Å². The molecule has 0 saturated carbocycles. The first-order chi connectivity index (χ1) is 8.72. The van der Waals surface area contributed by atoms with Crippen molar-refractivity contribution in [2.45, 2.75) is 12.8 Å². The lowest BCUT2D eigenvalue weighted by Gasteiger charge is -2.43. The highest BCUT2D eigenvalue weighted by atomic mass is 79.9. The van der Waals surface area contributed by atoms with Crippen molar-refractivity contribution in [2.75, 3.05) is 25.0 Å². The minimum Gasteiger partial charge on any atom is -0.326 e. The van der Waals surface area contributed by atoms with E-state index in [0.717, 1.165) is 16.7 Å². The highest BCUT2D eigenvalue weighted by molar-refractivity contribution is 9.10. The first-order valence-corrected chi connectivity index (χ1v) is 7.30. The summed E-state index contributed by atoms with van der Waals surface area (Å²) in [6, 6.07) is 7.77. The van der Waals surface area contributed by atoms with E-state index in [1.54, 1.807) is 0 Å². The molecule has 104 valence electrons. The number of anilines is 1. The van der Waals surface area contributed by atoms with Crippen molar-refractivity contribution >= 4 is 39.9 Å². The van der Waals surface area contributed by atoms with Crippen LogP contribution in [0.5, 0.6) is 0 Å². The van der Waals surface area contributed by atoms with Crippen LogP contribution in [0.3, 0.4) is 0 Å². The Morgan fingerprint density at radius 3 is 2.37 bits per heavy atom. The average molecular weight is 346 g/mol. The SMILES string of the molecule is Cl.O=C(Nc1ccc(Br)cc1)C1CN2CCC1CC2. The molecule has 4 rings (SSSR count). The molecular weight excluding hydrogens is 328 g/mol. The molecule has 3 heterocycles. The van der Waals surface area contributed by atoms with Gasteiger partial charge in [-0.25, -0.2) is 0 Å². The second kappa shape index (κ2) is 6.25. The van der Waals surface area contributed by atoms with Crippen molar-refractivity contribution < 1.29 is 4.79 Å². The number of fused-ring (bicyclic) bond motifs is 3. The number of hydrogen-bond acceptors (Lipinski definition) is 2. The fourth-order valence-corrected chi connectivity index (χ4v) is 3.29. The zero-order valence-electron chi connectivity index (χ0n) is 10.6. The van der Waals surface area contributed by atoms with Crippen LogP contribution in [0.4, 0.5) is 5.69 Å². The molecule has 1 atom stereocenters. The number of carbonyl (C=O) groups excluding carboxylic acids is 1. The molecule has 1 unspecified atom stereocenters. The fourth-order valence-electron chi connectivity index (χ4n) is 3.03. The molecule has 2 bridgehead atoms. The van der Waals surface area contributed by atoms with Gasteiger partial charge in [0.05, 0.1) is 5.92 Å². The average Bonchev–Trinajstić information content (AvgIpc) is 2.42. The third-order valence-electron chi connectivity index (χ3n) is 4.10. The van der Waals surface area contributed by atoms with Crippen LogP contribution >= 0.6 is 28.3 Å². The molecule has 0 aliphatic carbocycles. The summed E-state index contributed by atoms with van der Waals surface area (Å²) in [6.45, 7) is 3.28. The van der Waals surface area contributed by atoms with Gasteiger partial charge in [0.2, 0.25) is 5.91 Å². The normalized spacial score (nSPS) is 28.6. The molecular formula is C14H18BrClN2O. The Bertz CT molecular complexity index is 443. The van der Waals surface area contributed by atoms with Gasteiger partial charge in [0, 0.05) is 16.7 Å². The Morgan fingerprint density at radius 2 is 1.84 bits per heavy atom. The van der Waals surface area contributed by atoms with Crippen LogP contribution < -0.4 is 5.32 Å². The van der Waals surface area contributed by atoms with E-state index in [-0.39, 0.29) is 24.2 Å². The van der Waals surface area contributed by atoms with Crippen LogP contribution in [0.2, 0.25) is 0 Å². The molecule has 1 aromatic carbocycles. The quantitative estimate of drug-likeness (QED) is 0.893. The van der Waals surface area contributed by atoms with Gasteiger partial charge < -0.3 is 10.2 Å². The second-order valence-corrected chi connectivity index (χ2v) is 6.16. The molecule has 1 aromatic rings. The highest BCUT2D eigenvalue weighted by Gasteiger charge is 2.38. The summed E-state index contributed by atoms with van der Waals surface area (Å²) >= 11 is 3.40. The number of piperidine rings is 3. The Kier molecular flexibility index (Phi) is 4.87. The van der Waals surface area contributed by atoms with Crippen molar-refractivity contribution in [1.29, 1.82) is 0 Å². The number of rotatable bonds is 2. The Morgan fingerprint density at radius 1 is 1.21 bits per heavy atom. The summed E-state index contributed by atoms with van der Waals surface area (Å²) in [6.07, 6.45) is 2.36. The molecule has 3 nitrogen and oxygen atoms in total. The summed E-state index contributed by atoms with van der Waals surface area (Å²) < 4.78 is 1.03. The highest BCUT2D eigenvalue weighted by Crippen LogP contribution is 2.33. The van der Waals surface area contributed by atoms with Crippen molar-refractivity contribution in [3.8, 4) is 0 Å². The molecule has 0 radical (unpaired) electrons. The molecule has 3 aliphatic rings. The minimum atomic E-state index is 0. The predicted molar refractivity (Wildman–Crippen MR) is 82.7 cm³/mol. The Balaban J connectivity index is 0.00000133. The smallest absolute Gasteiger partial charge is 0.229 e. The maximum Gasteiger partial charge on any atom is 0.229 e. The van der Waals surface area contributed by atoms with Crippen LogP contribution in [0, 0.1) is 11.8 Å². The molecule has 0 spiro atoms. The number of nitrogens with zero attached hydrogens (tertiary/aromatic N) is 1. The molecule has 19 heavy (non-hydrogen) atoms. The first-order valence-electron chi connectivity index (χ1n) is 6.51. The third-order valence-corrected chi connectivity index (χ3v) is 4.63. The number of halogens is 2. The van der Waals surface area contributed by atoms with Crippen LogP contribution in [-0.4, -0.2) is 30.4 Å². The van der Waals surface area contributed by atoms with Gasteiger partial charge in [-0.15, -0.1) is 12.4 Å². The first kappa shape index (κ1) is 14.8. The van der Waals surface area contributed by atoms with E-state index in [2.05, 4.69) is 26.1 Å². The van der Waals surface area contributed by atoms with Crippen molar-refractivity contribution in [3.63, 3.8) is 0 Å². The van der Waals surface area contributed by atoms with E-state index in [0.29, 0.717) is 5.92 Å². The largest absolute Gasteiger partial charge is 0.326 e. The third kappa shape index (κ3) is 3.30. The van der Waals surface area contributed by atoms with E-state index < -0.39 is 0 Å².